The van der Waals surface area contributed by atoms with Crippen molar-refractivity contribution in [3.05, 3.63) is 70.8 Å². The molecule has 1 aliphatic carbocycles. The molecule has 1 aliphatic rings. The molecule has 0 spiro atoms. The number of hydrogen-bond donors (Lipinski definition) is 1. The van der Waals surface area contributed by atoms with Crippen LogP contribution < -0.4 is 5.73 Å². The summed E-state index contributed by atoms with van der Waals surface area (Å²) in [7, 11) is 0. The second-order valence-electron chi connectivity index (χ2n) is 5.32. The molecule has 0 saturated carbocycles. The van der Waals surface area contributed by atoms with Crippen LogP contribution in [0.1, 0.15) is 22.3 Å². The van der Waals surface area contributed by atoms with E-state index in [4.69, 9.17) is 5.73 Å². The lowest BCUT2D eigenvalue weighted by Gasteiger charge is -2.27. The Labute approximate surface area is 115 Å². The fraction of sp³-hybridized carbons (Fsp3) is 0.250. The van der Waals surface area contributed by atoms with Crippen LogP contribution in [0.2, 0.25) is 0 Å². The first-order chi connectivity index (χ1) is 9.40. The molecular weight excluding hydrogens is 263 g/mol. The second-order valence-corrected chi connectivity index (χ2v) is 5.32. The van der Waals surface area contributed by atoms with E-state index in [9.17, 15) is 13.2 Å². The minimum Gasteiger partial charge on any atom is -0.321 e. The molecule has 0 aromatic heterocycles. The Hall–Kier alpha value is -1.81. The Bertz CT molecular complexity index is 621. The van der Waals surface area contributed by atoms with E-state index in [2.05, 4.69) is 0 Å². The molecule has 0 unspecified atom stereocenters. The molecule has 4 heteroatoms. The molecule has 0 amide bonds. The lowest BCUT2D eigenvalue weighted by molar-refractivity contribution is -0.138. The monoisotopic (exact) mass is 277 g/mol. The largest absolute Gasteiger partial charge is 0.416 e. The molecule has 1 nitrogen and oxygen atoms in total. The lowest BCUT2D eigenvalue weighted by atomic mass is 9.84. The van der Waals surface area contributed by atoms with Crippen LogP contribution in [-0.4, -0.2) is 0 Å². The summed E-state index contributed by atoms with van der Waals surface area (Å²) in [5.74, 6) is 0. The molecule has 0 atom stereocenters. The first-order valence-corrected chi connectivity index (χ1v) is 6.42. The van der Waals surface area contributed by atoms with Gasteiger partial charge in [0.2, 0.25) is 0 Å². The van der Waals surface area contributed by atoms with Crippen molar-refractivity contribution in [1.82, 2.24) is 0 Å². The summed E-state index contributed by atoms with van der Waals surface area (Å²) in [5, 5.41) is 0. The average Bonchev–Trinajstić information content (AvgIpc) is 2.75. The average molecular weight is 277 g/mol. The van der Waals surface area contributed by atoms with E-state index in [1.54, 1.807) is 6.07 Å². The van der Waals surface area contributed by atoms with Gasteiger partial charge in [0.1, 0.15) is 0 Å². The van der Waals surface area contributed by atoms with Gasteiger partial charge in [0.05, 0.1) is 5.56 Å². The highest BCUT2D eigenvalue weighted by atomic mass is 19.4. The predicted molar refractivity (Wildman–Crippen MR) is 71.2 cm³/mol. The number of fused-ring (bicyclic) bond motifs is 1. The molecule has 0 aliphatic heterocycles. The van der Waals surface area contributed by atoms with Crippen LogP contribution in [0.25, 0.3) is 0 Å². The minimum atomic E-state index is -4.38. The highest BCUT2D eigenvalue weighted by Crippen LogP contribution is 2.41. The van der Waals surface area contributed by atoms with E-state index in [0.717, 1.165) is 17.2 Å². The molecule has 2 N–H and O–H groups in total. The van der Waals surface area contributed by atoms with Gasteiger partial charge in [0, 0.05) is 5.54 Å². The van der Waals surface area contributed by atoms with Crippen molar-refractivity contribution < 1.29 is 13.2 Å². The second kappa shape index (κ2) is 4.35. The van der Waals surface area contributed by atoms with Crippen LogP contribution in [-0.2, 0) is 24.6 Å². The molecule has 20 heavy (non-hydrogen) atoms. The van der Waals surface area contributed by atoms with Gasteiger partial charge >= 0.3 is 6.18 Å². The van der Waals surface area contributed by atoms with Crippen LogP contribution in [0.15, 0.2) is 48.5 Å². The number of benzene rings is 2. The number of halogens is 3. The van der Waals surface area contributed by atoms with E-state index < -0.39 is 17.3 Å². The minimum absolute atomic E-state index is 0.184. The SMILES string of the molecule is NC1(c2ccccc2C(F)(F)F)Cc2ccccc2C1. The molecule has 3 rings (SSSR count). The predicted octanol–water partition coefficient (Wildman–Crippen LogP) is 3.66. The number of nitrogens with two attached hydrogens (primary N) is 1. The topological polar surface area (TPSA) is 26.0 Å². The van der Waals surface area contributed by atoms with Crippen molar-refractivity contribution in [3.8, 4) is 0 Å². The maximum absolute atomic E-state index is 13.1. The van der Waals surface area contributed by atoms with Crippen LogP contribution >= 0.6 is 0 Å². The summed E-state index contributed by atoms with van der Waals surface area (Å²) in [6.45, 7) is 0. The Balaban J connectivity index is 2.08. The highest BCUT2D eigenvalue weighted by molar-refractivity contribution is 5.44. The van der Waals surface area contributed by atoms with Crippen LogP contribution in [0.4, 0.5) is 13.2 Å². The molecule has 0 heterocycles. The van der Waals surface area contributed by atoms with Crippen LogP contribution in [0.3, 0.4) is 0 Å². The fourth-order valence-electron chi connectivity index (χ4n) is 3.00. The zero-order chi connectivity index (χ0) is 14.4. The van der Waals surface area contributed by atoms with Crippen LogP contribution in [0, 0.1) is 0 Å². The van der Waals surface area contributed by atoms with E-state index in [1.165, 1.54) is 12.1 Å². The van der Waals surface area contributed by atoms with Crippen molar-refractivity contribution in [2.45, 2.75) is 24.6 Å². The first kappa shape index (κ1) is 13.2. The highest BCUT2D eigenvalue weighted by Gasteiger charge is 2.42. The summed E-state index contributed by atoms with van der Waals surface area (Å²) in [5.41, 5.74) is 6.97. The van der Waals surface area contributed by atoms with E-state index in [1.807, 2.05) is 24.3 Å². The molecule has 104 valence electrons. The molecule has 0 fully saturated rings. The molecule has 2 aromatic rings. The molecule has 0 saturated heterocycles. The summed E-state index contributed by atoms with van der Waals surface area (Å²) >= 11 is 0. The molecule has 2 aromatic carbocycles. The van der Waals surface area contributed by atoms with Crippen molar-refractivity contribution in [3.63, 3.8) is 0 Å². The van der Waals surface area contributed by atoms with Gasteiger partial charge in [-0.25, -0.2) is 0 Å². The van der Waals surface area contributed by atoms with Crippen molar-refractivity contribution >= 4 is 0 Å². The van der Waals surface area contributed by atoms with E-state index in [0.29, 0.717) is 12.8 Å². The zero-order valence-corrected chi connectivity index (χ0v) is 10.7. The van der Waals surface area contributed by atoms with Gasteiger partial charge in [-0.3, -0.25) is 0 Å². The number of rotatable bonds is 1. The Kier molecular flexibility index (Phi) is 2.87. The van der Waals surface area contributed by atoms with Gasteiger partial charge in [-0.15, -0.1) is 0 Å². The van der Waals surface area contributed by atoms with Crippen LogP contribution in [0.5, 0.6) is 0 Å². The Morgan fingerprint density at radius 3 is 1.90 bits per heavy atom. The van der Waals surface area contributed by atoms with Gasteiger partial charge in [0.15, 0.2) is 0 Å². The smallest absolute Gasteiger partial charge is 0.321 e. The molecule has 0 radical (unpaired) electrons. The molecular formula is C16H14F3N. The summed E-state index contributed by atoms with van der Waals surface area (Å²) in [6, 6.07) is 13.3. The Morgan fingerprint density at radius 1 is 0.850 bits per heavy atom. The zero-order valence-electron chi connectivity index (χ0n) is 10.7. The summed E-state index contributed by atoms with van der Waals surface area (Å²) in [6.07, 6.45) is -3.50. The number of alkyl halides is 3. The quantitative estimate of drug-likeness (QED) is 0.846. The van der Waals surface area contributed by atoms with Crippen molar-refractivity contribution in [1.29, 1.82) is 0 Å². The van der Waals surface area contributed by atoms with Gasteiger partial charge < -0.3 is 5.73 Å². The van der Waals surface area contributed by atoms with Gasteiger partial charge in [-0.05, 0) is 35.6 Å². The van der Waals surface area contributed by atoms with Gasteiger partial charge in [0.25, 0.3) is 0 Å². The van der Waals surface area contributed by atoms with E-state index >= 15 is 0 Å². The lowest BCUT2D eigenvalue weighted by Crippen LogP contribution is -2.39. The summed E-state index contributed by atoms with van der Waals surface area (Å²) in [4.78, 5) is 0. The van der Waals surface area contributed by atoms with Gasteiger partial charge in [-0.1, -0.05) is 42.5 Å². The summed E-state index contributed by atoms with van der Waals surface area (Å²) < 4.78 is 39.4. The molecule has 0 bridgehead atoms. The van der Waals surface area contributed by atoms with Crippen molar-refractivity contribution in [2.24, 2.45) is 5.73 Å². The first-order valence-electron chi connectivity index (χ1n) is 6.42. The maximum atomic E-state index is 13.1. The third kappa shape index (κ3) is 2.10. The van der Waals surface area contributed by atoms with Crippen molar-refractivity contribution in [2.75, 3.05) is 0 Å². The maximum Gasteiger partial charge on any atom is 0.416 e. The third-order valence-electron chi connectivity index (χ3n) is 3.90. The normalized spacial score (nSPS) is 17.0. The van der Waals surface area contributed by atoms with Gasteiger partial charge in [-0.2, -0.15) is 13.2 Å². The number of hydrogen-bond acceptors (Lipinski definition) is 1. The van der Waals surface area contributed by atoms with E-state index in [-0.39, 0.29) is 5.56 Å². The standard InChI is InChI=1S/C16H14F3N/c17-16(18,19)14-8-4-3-7-13(14)15(20)9-11-5-1-2-6-12(11)10-15/h1-8H,9-10,20H2. The fourth-order valence-corrected chi connectivity index (χ4v) is 3.00. The third-order valence-corrected chi connectivity index (χ3v) is 3.90. The Morgan fingerprint density at radius 2 is 1.35 bits per heavy atom.